The van der Waals surface area contributed by atoms with Crippen molar-refractivity contribution in [3.8, 4) is 0 Å². The highest BCUT2D eigenvalue weighted by Gasteiger charge is 2.95. The molecule has 23 heteroatoms. The summed E-state index contributed by atoms with van der Waals surface area (Å²) in [4.78, 5) is 10.2. The Labute approximate surface area is 199 Å². The highest BCUT2D eigenvalue weighted by Crippen LogP contribution is 2.64. The SMILES string of the molecule is O=C(Cl)OCCS(=O)(=O)CCCC(F)(F)C(F)(F)C(F)(F)C(F)(F)C(F)(F)C(F)(F)C(F)(F)C(F)(F)F. The molecule has 0 saturated carbocycles. The fourth-order valence-electron chi connectivity index (χ4n) is 2.22. The summed E-state index contributed by atoms with van der Waals surface area (Å²) in [6.45, 7) is -1.05. The quantitative estimate of drug-likeness (QED) is 0.170. The van der Waals surface area contributed by atoms with Gasteiger partial charge in [0.25, 0.3) is 0 Å². The molecule has 0 saturated heterocycles. The normalized spacial score (nSPS) is 15.6. The zero-order chi connectivity index (χ0) is 30.3. The molecule has 0 atom stereocenters. The zero-order valence-electron chi connectivity index (χ0n) is 16.9. The molecule has 37 heavy (non-hydrogen) atoms. The Bertz CT molecular complexity index is 929. The fraction of sp³-hybridized carbons (Fsp3) is 0.929. The number of carbonyl (C=O) groups excluding carboxylic acids is 1. The zero-order valence-corrected chi connectivity index (χ0v) is 18.5. The van der Waals surface area contributed by atoms with Gasteiger partial charge >= 0.3 is 53.1 Å². The maximum Gasteiger partial charge on any atom is 0.460 e. The molecule has 0 radical (unpaired) electrons. The second kappa shape index (κ2) is 10.2. The highest BCUT2D eigenvalue weighted by molar-refractivity contribution is 7.91. The lowest BCUT2D eigenvalue weighted by molar-refractivity contribution is -0.461. The van der Waals surface area contributed by atoms with Gasteiger partial charge < -0.3 is 4.74 Å². The Hall–Kier alpha value is -1.48. The van der Waals surface area contributed by atoms with Gasteiger partial charge in [-0.2, -0.15) is 74.6 Å². The summed E-state index contributed by atoms with van der Waals surface area (Å²) in [5.74, 6) is -60.1. The molecule has 0 N–H and O–H groups in total. The lowest BCUT2D eigenvalue weighted by Crippen LogP contribution is -2.74. The average molecular weight is 633 g/mol. The second-order valence-electron chi connectivity index (χ2n) is 6.99. The smallest absolute Gasteiger partial charge is 0.453 e. The molecule has 0 unspecified atom stereocenters. The summed E-state index contributed by atoms with van der Waals surface area (Å²) < 4.78 is 250. The number of hydrogen-bond donors (Lipinski definition) is 0. The van der Waals surface area contributed by atoms with Crippen molar-refractivity contribution >= 4 is 26.9 Å². The van der Waals surface area contributed by atoms with Crippen LogP contribution < -0.4 is 0 Å². The van der Waals surface area contributed by atoms with E-state index in [4.69, 9.17) is 0 Å². The van der Waals surface area contributed by atoms with Crippen LogP contribution >= 0.6 is 11.6 Å². The van der Waals surface area contributed by atoms with Crippen LogP contribution in [0.2, 0.25) is 0 Å². The van der Waals surface area contributed by atoms with Crippen molar-refractivity contribution in [2.45, 2.75) is 60.5 Å². The summed E-state index contributed by atoms with van der Waals surface area (Å²) in [6.07, 6.45) is -12.6. The number of rotatable bonds is 13. The van der Waals surface area contributed by atoms with E-state index in [1.807, 2.05) is 0 Å². The van der Waals surface area contributed by atoms with Gasteiger partial charge in [-0.3, -0.25) is 0 Å². The molecule has 4 nitrogen and oxygen atoms in total. The molecule has 222 valence electrons. The third-order valence-corrected chi connectivity index (χ3v) is 6.15. The molecule has 0 spiro atoms. The first kappa shape index (κ1) is 35.5. The topological polar surface area (TPSA) is 60.4 Å². The van der Waals surface area contributed by atoms with Gasteiger partial charge in [0.2, 0.25) is 0 Å². The van der Waals surface area contributed by atoms with Crippen LogP contribution in [0.3, 0.4) is 0 Å². The van der Waals surface area contributed by atoms with E-state index in [9.17, 15) is 87.8 Å². The lowest BCUT2D eigenvalue weighted by atomic mass is 9.88. The molecule has 0 aliphatic carbocycles. The van der Waals surface area contributed by atoms with Crippen LogP contribution in [0, 0.1) is 0 Å². The van der Waals surface area contributed by atoms with Crippen molar-refractivity contribution in [1.29, 1.82) is 0 Å². The van der Waals surface area contributed by atoms with Crippen molar-refractivity contribution < 1.29 is 92.6 Å². The number of halogens is 18. The average Bonchev–Trinajstić information content (AvgIpc) is 2.65. The van der Waals surface area contributed by atoms with Gasteiger partial charge in [-0.05, 0) is 6.42 Å². The van der Waals surface area contributed by atoms with Gasteiger partial charge in [0.05, 0.1) is 11.5 Å². The van der Waals surface area contributed by atoms with E-state index in [-0.39, 0.29) is 0 Å². The maximum atomic E-state index is 13.7. The Morgan fingerprint density at radius 1 is 0.595 bits per heavy atom. The van der Waals surface area contributed by atoms with Crippen LogP contribution in [-0.2, 0) is 14.6 Å². The van der Waals surface area contributed by atoms with Crippen molar-refractivity contribution in [1.82, 2.24) is 0 Å². The number of hydrogen-bond acceptors (Lipinski definition) is 4. The van der Waals surface area contributed by atoms with Crippen molar-refractivity contribution in [2.75, 3.05) is 18.1 Å². The minimum Gasteiger partial charge on any atom is -0.453 e. The van der Waals surface area contributed by atoms with Gasteiger partial charge in [0.15, 0.2) is 9.84 Å². The molecular formula is C14H10ClF17O4S. The van der Waals surface area contributed by atoms with Gasteiger partial charge in [-0.15, -0.1) is 0 Å². The van der Waals surface area contributed by atoms with Gasteiger partial charge in [0.1, 0.15) is 6.61 Å². The summed E-state index contributed by atoms with van der Waals surface area (Å²) in [7, 11) is -4.64. The van der Waals surface area contributed by atoms with Crippen LogP contribution in [0.5, 0.6) is 0 Å². The van der Waals surface area contributed by atoms with Crippen molar-refractivity contribution in [3.05, 3.63) is 0 Å². The Balaban J connectivity index is 6.11. The van der Waals surface area contributed by atoms with E-state index >= 15 is 0 Å². The molecule has 0 heterocycles. The first-order chi connectivity index (χ1) is 15.9. The van der Waals surface area contributed by atoms with Crippen LogP contribution in [0.25, 0.3) is 0 Å². The molecule has 0 aromatic rings. The number of sulfone groups is 1. The summed E-state index contributed by atoms with van der Waals surface area (Å²) in [6, 6.07) is 0. The number of alkyl halides is 17. The molecule has 0 aliphatic rings. The molecule has 0 bridgehead atoms. The maximum absolute atomic E-state index is 13.7. The highest BCUT2D eigenvalue weighted by atomic mass is 35.5. The van der Waals surface area contributed by atoms with Gasteiger partial charge in [0, 0.05) is 18.0 Å². The van der Waals surface area contributed by atoms with E-state index in [1.54, 1.807) is 0 Å². The van der Waals surface area contributed by atoms with Crippen LogP contribution in [-0.4, -0.2) is 79.6 Å². The molecule has 0 amide bonds. The van der Waals surface area contributed by atoms with E-state index in [2.05, 4.69) is 16.3 Å². The molecule has 0 aliphatic heterocycles. The monoisotopic (exact) mass is 632 g/mol. The molecular weight excluding hydrogens is 623 g/mol. The van der Waals surface area contributed by atoms with E-state index in [0.717, 1.165) is 0 Å². The van der Waals surface area contributed by atoms with Gasteiger partial charge in [-0.25, -0.2) is 13.2 Å². The molecule has 0 rings (SSSR count). The Kier molecular flexibility index (Phi) is 9.84. The van der Waals surface area contributed by atoms with Crippen LogP contribution in [0.4, 0.5) is 79.4 Å². The summed E-state index contributed by atoms with van der Waals surface area (Å²) >= 11 is 4.64. The third-order valence-electron chi connectivity index (χ3n) is 4.34. The Morgan fingerprint density at radius 3 is 1.30 bits per heavy atom. The van der Waals surface area contributed by atoms with Crippen molar-refractivity contribution in [2.24, 2.45) is 0 Å². The Morgan fingerprint density at radius 2 is 0.946 bits per heavy atom. The largest absolute Gasteiger partial charge is 0.460 e. The summed E-state index contributed by atoms with van der Waals surface area (Å²) in [5.41, 5.74) is -1.57. The predicted octanol–water partition coefficient (Wildman–Crippen LogP) is 6.57. The molecule has 0 aromatic carbocycles. The standard InChI is InChI=1S/C14H10ClF17O4S/c15-6(33)36-3-5-37(34,35)4-1-2-7(16,17)8(18,19)9(20,21)10(22,23)11(24,25)12(26,27)13(28,29)14(30,31)32/h1-5H2. The second-order valence-corrected chi connectivity index (χ2v) is 9.60. The van der Waals surface area contributed by atoms with Crippen LogP contribution in [0.15, 0.2) is 0 Å². The first-order valence-electron chi connectivity index (χ1n) is 8.61. The van der Waals surface area contributed by atoms with Crippen LogP contribution in [0.1, 0.15) is 12.8 Å². The number of carbonyl (C=O) groups is 1. The lowest BCUT2D eigenvalue weighted by Gasteiger charge is -2.42. The minimum absolute atomic E-state index is 1.05. The third kappa shape index (κ3) is 6.23. The van der Waals surface area contributed by atoms with E-state index in [1.165, 1.54) is 0 Å². The predicted molar refractivity (Wildman–Crippen MR) is 85.8 cm³/mol. The first-order valence-corrected chi connectivity index (χ1v) is 10.8. The van der Waals surface area contributed by atoms with E-state index in [0.29, 0.717) is 0 Å². The molecule has 0 aromatic heterocycles. The molecule has 0 fully saturated rings. The van der Waals surface area contributed by atoms with Gasteiger partial charge in [-0.1, -0.05) is 0 Å². The van der Waals surface area contributed by atoms with Crippen molar-refractivity contribution in [3.63, 3.8) is 0 Å². The van der Waals surface area contributed by atoms with E-state index < -0.39 is 93.9 Å². The minimum atomic E-state index is -8.73. The fourth-order valence-corrected chi connectivity index (χ4v) is 3.42. The summed E-state index contributed by atoms with van der Waals surface area (Å²) in [5, 5.41) is 0. The number of ether oxygens (including phenoxy) is 1.